The molecule has 2 fully saturated rings. The molecule has 0 spiro atoms. The van der Waals surface area contributed by atoms with Crippen molar-refractivity contribution >= 4 is 5.91 Å². The number of nitrogens with one attached hydrogen (secondary N) is 1. The van der Waals surface area contributed by atoms with E-state index in [1.807, 2.05) is 6.07 Å². The van der Waals surface area contributed by atoms with E-state index in [2.05, 4.69) is 34.5 Å². The summed E-state index contributed by atoms with van der Waals surface area (Å²) in [5, 5.41) is 2.97. The van der Waals surface area contributed by atoms with Gasteiger partial charge in [0.05, 0.1) is 5.92 Å². The summed E-state index contributed by atoms with van der Waals surface area (Å²) in [5.74, 6) is 1.07. The Labute approximate surface area is 102 Å². The lowest BCUT2D eigenvalue weighted by atomic mass is 9.89. The van der Waals surface area contributed by atoms with E-state index < -0.39 is 0 Å². The van der Waals surface area contributed by atoms with Gasteiger partial charge in [0.2, 0.25) is 5.91 Å². The summed E-state index contributed by atoms with van der Waals surface area (Å²) in [6.07, 6.45) is 1.14. The second kappa shape index (κ2) is 4.49. The molecule has 1 N–H and O–H groups in total. The van der Waals surface area contributed by atoms with Crippen LogP contribution in [0.5, 0.6) is 0 Å². The largest absolute Gasteiger partial charge is 0.356 e. The highest BCUT2D eigenvalue weighted by molar-refractivity contribution is 5.80. The van der Waals surface area contributed by atoms with Crippen LogP contribution in [0.3, 0.4) is 0 Å². The van der Waals surface area contributed by atoms with Crippen molar-refractivity contribution in [1.82, 2.24) is 10.2 Å². The van der Waals surface area contributed by atoms with Gasteiger partial charge in [0.1, 0.15) is 0 Å². The monoisotopic (exact) mass is 230 g/mol. The van der Waals surface area contributed by atoms with Gasteiger partial charge in [-0.2, -0.15) is 0 Å². The molecule has 3 nitrogen and oxygen atoms in total. The van der Waals surface area contributed by atoms with Gasteiger partial charge < -0.3 is 5.32 Å². The second-order valence-corrected chi connectivity index (χ2v) is 5.13. The second-order valence-electron chi connectivity index (χ2n) is 5.13. The standard InChI is InChI=1S/C14H18N2O/c17-14-13-10-16(9-12(13)6-7-15-14)8-11-4-2-1-3-5-11/h1-5,12-13H,6-10H2,(H,15,17). The highest BCUT2D eigenvalue weighted by atomic mass is 16.2. The molecule has 90 valence electrons. The minimum atomic E-state index is 0.229. The van der Waals surface area contributed by atoms with E-state index >= 15 is 0 Å². The van der Waals surface area contributed by atoms with Crippen LogP contribution < -0.4 is 5.32 Å². The molecule has 0 radical (unpaired) electrons. The average Bonchev–Trinajstić information content (AvgIpc) is 2.74. The van der Waals surface area contributed by atoms with E-state index in [0.717, 1.165) is 32.6 Å². The number of carbonyl (C=O) groups excluding carboxylic acids is 1. The van der Waals surface area contributed by atoms with Crippen LogP contribution >= 0.6 is 0 Å². The maximum absolute atomic E-state index is 11.7. The smallest absolute Gasteiger partial charge is 0.224 e. The van der Waals surface area contributed by atoms with Gasteiger partial charge in [-0.15, -0.1) is 0 Å². The predicted octanol–water partition coefficient (Wildman–Crippen LogP) is 1.25. The van der Waals surface area contributed by atoms with Crippen molar-refractivity contribution in [3.63, 3.8) is 0 Å². The number of hydrogen-bond donors (Lipinski definition) is 1. The molecular weight excluding hydrogens is 212 g/mol. The molecule has 2 saturated heterocycles. The molecular formula is C14H18N2O. The first-order chi connectivity index (χ1) is 8.33. The molecule has 2 aliphatic heterocycles. The Morgan fingerprint density at radius 2 is 2.06 bits per heavy atom. The zero-order valence-corrected chi connectivity index (χ0v) is 9.93. The number of rotatable bonds is 2. The minimum absolute atomic E-state index is 0.229. The molecule has 0 aliphatic carbocycles. The van der Waals surface area contributed by atoms with Crippen LogP contribution in [0, 0.1) is 11.8 Å². The number of benzene rings is 1. The fraction of sp³-hybridized carbons (Fsp3) is 0.500. The molecule has 2 atom stereocenters. The SMILES string of the molecule is O=C1NCCC2CN(Cc3ccccc3)CC12. The van der Waals surface area contributed by atoms with Crippen molar-refractivity contribution in [1.29, 1.82) is 0 Å². The number of carbonyl (C=O) groups is 1. The number of amides is 1. The Hall–Kier alpha value is -1.35. The molecule has 0 aromatic heterocycles. The molecule has 3 rings (SSSR count). The van der Waals surface area contributed by atoms with Crippen LogP contribution in [0.2, 0.25) is 0 Å². The summed E-state index contributed by atoms with van der Waals surface area (Å²) in [5.41, 5.74) is 1.34. The van der Waals surface area contributed by atoms with Crippen LogP contribution in [0.15, 0.2) is 30.3 Å². The van der Waals surface area contributed by atoms with E-state index in [1.54, 1.807) is 0 Å². The van der Waals surface area contributed by atoms with Gasteiger partial charge in [-0.3, -0.25) is 9.69 Å². The lowest BCUT2D eigenvalue weighted by Crippen LogP contribution is -2.41. The van der Waals surface area contributed by atoms with E-state index in [1.165, 1.54) is 5.56 Å². The van der Waals surface area contributed by atoms with E-state index in [-0.39, 0.29) is 11.8 Å². The Bertz CT molecular complexity index is 404. The average molecular weight is 230 g/mol. The zero-order chi connectivity index (χ0) is 11.7. The maximum atomic E-state index is 11.7. The number of likely N-dealkylation sites (tertiary alicyclic amines) is 1. The summed E-state index contributed by atoms with van der Waals surface area (Å²) < 4.78 is 0. The molecule has 17 heavy (non-hydrogen) atoms. The minimum Gasteiger partial charge on any atom is -0.356 e. The van der Waals surface area contributed by atoms with Crippen LogP contribution in [-0.2, 0) is 11.3 Å². The first-order valence-electron chi connectivity index (χ1n) is 6.37. The summed E-state index contributed by atoms with van der Waals surface area (Å²) >= 11 is 0. The van der Waals surface area contributed by atoms with Crippen molar-refractivity contribution in [2.24, 2.45) is 11.8 Å². The van der Waals surface area contributed by atoms with Crippen molar-refractivity contribution < 1.29 is 4.79 Å². The van der Waals surface area contributed by atoms with Crippen molar-refractivity contribution in [2.45, 2.75) is 13.0 Å². The molecule has 2 heterocycles. The lowest BCUT2D eigenvalue weighted by molar-refractivity contribution is -0.127. The van der Waals surface area contributed by atoms with Crippen LogP contribution in [0.25, 0.3) is 0 Å². The van der Waals surface area contributed by atoms with Crippen molar-refractivity contribution in [3.8, 4) is 0 Å². The summed E-state index contributed by atoms with van der Waals surface area (Å²) in [7, 11) is 0. The third kappa shape index (κ3) is 2.20. The zero-order valence-electron chi connectivity index (χ0n) is 9.93. The van der Waals surface area contributed by atoms with Crippen LogP contribution in [0.4, 0.5) is 0 Å². The maximum Gasteiger partial charge on any atom is 0.224 e. The van der Waals surface area contributed by atoms with Crippen LogP contribution in [-0.4, -0.2) is 30.4 Å². The Balaban J connectivity index is 1.66. The third-order valence-corrected chi connectivity index (χ3v) is 3.92. The number of piperidine rings is 1. The lowest BCUT2D eigenvalue weighted by Gasteiger charge is -2.23. The molecule has 2 aliphatic rings. The van der Waals surface area contributed by atoms with E-state index in [9.17, 15) is 4.79 Å². The number of hydrogen-bond acceptors (Lipinski definition) is 2. The molecule has 0 bridgehead atoms. The molecule has 1 aromatic carbocycles. The van der Waals surface area contributed by atoms with Crippen molar-refractivity contribution in [2.75, 3.05) is 19.6 Å². The van der Waals surface area contributed by atoms with Gasteiger partial charge >= 0.3 is 0 Å². The Morgan fingerprint density at radius 1 is 1.24 bits per heavy atom. The van der Waals surface area contributed by atoms with E-state index in [4.69, 9.17) is 0 Å². The first-order valence-corrected chi connectivity index (χ1v) is 6.37. The number of fused-ring (bicyclic) bond motifs is 1. The highest BCUT2D eigenvalue weighted by Gasteiger charge is 2.39. The van der Waals surface area contributed by atoms with Gasteiger partial charge in [0, 0.05) is 26.2 Å². The normalized spacial score (nSPS) is 28.8. The third-order valence-electron chi connectivity index (χ3n) is 3.92. The van der Waals surface area contributed by atoms with Gasteiger partial charge in [-0.1, -0.05) is 30.3 Å². The molecule has 3 heteroatoms. The van der Waals surface area contributed by atoms with Gasteiger partial charge in [-0.05, 0) is 17.9 Å². The van der Waals surface area contributed by atoms with Gasteiger partial charge in [0.25, 0.3) is 0 Å². The van der Waals surface area contributed by atoms with Gasteiger partial charge in [0.15, 0.2) is 0 Å². The predicted molar refractivity (Wildman–Crippen MR) is 66.3 cm³/mol. The first kappa shape index (κ1) is 10.8. The number of nitrogens with zero attached hydrogens (tertiary/aromatic N) is 1. The topological polar surface area (TPSA) is 32.3 Å². The van der Waals surface area contributed by atoms with Crippen LogP contribution in [0.1, 0.15) is 12.0 Å². The Kier molecular flexibility index (Phi) is 2.85. The quantitative estimate of drug-likeness (QED) is 0.829. The molecule has 1 amide bonds. The van der Waals surface area contributed by atoms with Crippen molar-refractivity contribution in [3.05, 3.63) is 35.9 Å². The Morgan fingerprint density at radius 3 is 2.82 bits per heavy atom. The van der Waals surface area contributed by atoms with E-state index in [0.29, 0.717) is 5.92 Å². The summed E-state index contributed by atoms with van der Waals surface area (Å²) in [4.78, 5) is 14.1. The summed E-state index contributed by atoms with van der Waals surface area (Å²) in [6.45, 7) is 3.83. The molecule has 0 saturated carbocycles. The highest BCUT2D eigenvalue weighted by Crippen LogP contribution is 2.29. The summed E-state index contributed by atoms with van der Waals surface area (Å²) in [6, 6.07) is 10.5. The van der Waals surface area contributed by atoms with Gasteiger partial charge in [-0.25, -0.2) is 0 Å². The fourth-order valence-electron chi connectivity index (χ4n) is 3.03. The fourth-order valence-corrected chi connectivity index (χ4v) is 3.03. The molecule has 2 unspecified atom stereocenters. The molecule has 1 aromatic rings.